The summed E-state index contributed by atoms with van der Waals surface area (Å²) in [5, 5.41) is 26.6. The van der Waals surface area contributed by atoms with Crippen molar-refractivity contribution < 1.29 is 15.0 Å². The summed E-state index contributed by atoms with van der Waals surface area (Å²) >= 11 is 0. The number of carbonyl (C=O) groups excluding carboxylic acids is 1. The minimum Gasteiger partial charge on any atom is -0.393 e. The first kappa shape index (κ1) is 19.1. The fourth-order valence-electron chi connectivity index (χ4n) is 4.13. The molecule has 2 saturated carbocycles. The summed E-state index contributed by atoms with van der Waals surface area (Å²) in [4.78, 5) is 21.6. The average Bonchev–Trinajstić information content (AvgIpc) is 2.71. The fraction of sp³-hybridized carbons (Fsp3) is 0.571. The molecular formula is C21H28N4O3. The van der Waals surface area contributed by atoms with E-state index in [1.54, 1.807) is 18.3 Å². The highest BCUT2D eigenvalue weighted by Gasteiger charge is 2.22. The van der Waals surface area contributed by atoms with E-state index in [1.807, 2.05) is 6.07 Å². The molecule has 0 atom stereocenters. The lowest BCUT2D eigenvalue weighted by atomic mass is 9.93. The summed E-state index contributed by atoms with van der Waals surface area (Å²) in [5.74, 6) is 0.463. The molecule has 1 aromatic heterocycles. The Hall–Kier alpha value is -2.25. The van der Waals surface area contributed by atoms with Gasteiger partial charge in [0.05, 0.1) is 17.7 Å². The monoisotopic (exact) mass is 384 g/mol. The van der Waals surface area contributed by atoms with Crippen LogP contribution >= 0.6 is 0 Å². The van der Waals surface area contributed by atoms with Gasteiger partial charge in [-0.15, -0.1) is 0 Å². The highest BCUT2D eigenvalue weighted by Crippen LogP contribution is 2.23. The first-order valence-corrected chi connectivity index (χ1v) is 10.3. The highest BCUT2D eigenvalue weighted by atomic mass is 16.3. The molecule has 28 heavy (non-hydrogen) atoms. The largest absolute Gasteiger partial charge is 0.393 e. The Morgan fingerprint density at radius 1 is 0.929 bits per heavy atom. The van der Waals surface area contributed by atoms with Crippen molar-refractivity contribution in [1.82, 2.24) is 15.3 Å². The van der Waals surface area contributed by atoms with Crippen LogP contribution in [0.25, 0.3) is 10.9 Å². The van der Waals surface area contributed by atoms with Crippen LogP contribution in [0.3, 0.4) is 0 Å². The lowest BCUT2D eigenvalue weighted by Crippen LogP contribution is -2.38. The van der Waals surface area contributed by atoms with Crippen molar-refractivity contribution in [3.63, 3.8) is 0 Å². The van der Waals surface area contributed by atoms with Crippen LogP contribution in [0.2, 0.25) is 0 Å². The summed E-state index contributed by atoms with van der Waals surface area (Å²) in [6.45, 7) is 0. The predicted molar refractivity (Wildman–Crippen MR) is 107 cm³/mol. The zero-order valence-corrected chi connectivity index (χ0v) is 16.0. The zero-order valence-electron chi connectivity index (χ0n) is 16.0. The Bertz CT molecular complexity index is 828. The molecule has 4 N–H and O–H groups in total. The predicted octanol–water partition coefficient (Wildman–Crippen LogP) is 2.38. The minimum atomic E-state index is -0.233. The number of benzene rings is 1. The fourth-order valence-corrected chi connectivity index (χ4v) is 4.13. The Morgan fingerprint density at radius 3 is 2.25 bits per heavy atom. The number of aromatic nitrogens is 2. The second-order valence-corrected chi connectivity index (χ2v) is 8.10. The van der Waals surface area contributed by atoms with Crippen molar-refractivity contribution in [3.8, 4) is 0 Å². The maximum Gasteiger partial charge on any atom is 0.251 e. The van der Waals surface area contributed by atoms with Gasteiger partial charge in [-0.1, -0.05) is 6.07 Å². The summed E-state index contributed by atoms with van der Waals surface area (Å²) in [7, 11) is 0. The molecule has 1 amide bonds. The van der Waals surface area contributed by atoms with Crippen molar-refractivity contribution in [2.75, 3.05) is 5.32 Å². The van der Waals surface area contributed by atoms with E-state index in [4.69, 9.17) is 0 Å². The summed E-state index contributed by atoms with van der Waals surface area (Å²) in [6.07, 6.45) is 7.86. The standard InChI is InChI=1S/C21H28N4O3/c26-17-7-3-15(4-8-17)23-20(28)13-1-2-14-12-22-21(25-19(14)11-13)24-16-5-9-18(27)10-6-16/h1-2,11-12,15-18,26-27H,3-10H2,(H,23,28)(H,22,24,25)/t15-,16-,17-,18-. The Labute approximate surface area is 164 Å². The van der Waals surface area contributed by atoms with E-state index in [0.717, 1.165) is 62.3 Å². The molecule has 2 aromatic rings. The van der Waals surface area contributed by atoms with Gasteiger partial charge in [0.25, 0.3) is 5.91 Å². The number of aliphatic hydroxyl groups excluding tert-OH is 2. The third-order valence-corrected chi connectivity index (χ3v) is 5.91. The molecule has 1 heterocycles. The number of hydrogen-bond acceptors (Lipinski definition) is 6. The van der Waals surface area contributed by atoms with Crippen LogP contribution in [-0.2, 0) is 0 Å². The molecule has 7 nitrogen and oxygen atoms in total. The third kappa shape index (κ3) is 4.59. The van der Waals surface area contributed by atoms with Gasteiger partial charge in [-0.25, -0.2) is 9.97 Å². The maximum atomic E-state index is 12.6. The number of carbonyl (C=O) groups is 1. The van der Waals surface area contributed by atoms with Crippen LogP contribution < -0.4 is 10.6 Å². The molecule has 150 valence electrons. The number of aliphatic hydroxyl groups is 2. The number of amides is 1. The molecule has 0 unspecified atom stereocenters. The van der Waals surface area contributed by atoms with E-state index in [0.29, 0.717) is 11.5 Å². The van der Waals surface area contributed by atoms with E-state index in [9.17, 15) is 15.0 Å². The van der Waals surface area contributed by atoms with Crippen LogP contribution in [0.15, 0.2) is 24.4 Å². The van der Waals surface area contributed by atoms with Gasteiger partial charge in [0.2, 0.25) is 5.95 Å². The summed E-state index contributed by atoms with van der Waals surface area (Å²) in [5.41, 5.74) is 1.32. The van der Waals surface area contributed by atoms with Gasteiger partial charge >= 0.3 is 0 Å². The topological polar surface area (TPSA) is 107 Å². The molecule has 2 aliphatic carbocycles. The van der Waals surface area contributed by atoms with Crippen molar-refractivity contribution >= 4 is 22.8 Å². The first-order chi connectivity index (χ1) is 13.6. The lowest BCUT2D eigenvalue weighted by molar-refractivity contribution is 0.0867. The number of rotatable bonds is 4. The Kier molecular flexibility index (Phi) is 5.73. The first-order valence-electron chi connectivity index (χ1n) is 10.3. The Morgan fingerprint density at radius 2 is 1.57 bits per heavy atom. The molecule has 0 radical (unpaired) electrons. The number of nitrogens with zero attached hydrogens (tertiary/aromatic N) is 2. The van der Waals surface area contributed by atoms with Crippen LogP contribution in [0.5, 0.6) is 0 Å². The van der Waals surface area contributed by atoms with Gasteiger partial charge < -0.3 is 20.8 Å². The van der Waals surface area contributed by atoms with Crippen LogP contribution in [-0.4, -0.2) is 50.4 Å². The molecule has 0 aliphatic heterocycles. The van der Waals surface area contributed by atoms with E-state index in [1.165, 1.54) is 0 Å². The number of hydrogen-bond donors (Lipinski definition) is 4. The molecule has 0 saturated heterocycles. The lowest BCUT2D eigenvalue weighted by Gasteiger charge is -2.26. The Balaban J connectivity index is 1.44. The van der Waals surface area contributed by atoms with Gasteiger partial charge in [-0.2, -0.15) is 0 Å². The quantitative estimate of drug-likeness (QED) is 0.645. The smallest absolute Gasteiger partial charge is 0.251 e. The second kappa shape index (κ2) is 8.41. The molecule has 7 heteroatoms. The van der Waals surface area contributed by atoms with Crippen molar-refractivity contribution in [1.29, 1.82) is 0 Å². The normalized spacial score (nSPS) is 28.1. The van der Waals surface area contributed by atoms with Gasteiger partial charge in [0.1, 0.15) is 0 Å². The van der Waals surface area contributed by atoms with E-state index in [2.05, 4.69) is 20.6 Å². The molecule has 4 rings (SSSR count). The van der Waals surface area contributed by atoms with Gasteiger partial charge in [-0.05, 0) is 63.5 Å². The van der Waals surface area contributed by atoms with Crippen LogP contribution in [0, 0.1) is 0 Å². The third-order valence-electron chi connectivity index (χ3n) is 5.91. The average molecular weight is 384 g/mol. The molecule has 0 spiro atoms. The van der Waals surface area contributed by atoms with E-state index >= 15 is 0 Å². The number of anilines is 1. The zero-order chi connectivity index (χ0) is 19.5. The maximum absolute atomic E-state index is 12.6. The van der Waals surface area contributed by atoms with Gasteiger partial charge in [0.15, 0.2) is 0 Å². The van der Waals surface area contributed by atoms with E-state index in [-0.39, 0.29) is 30.2 Å². The van der Waals surface area contributed by atoms with Gasteiger partial charge in [-0.3, -0.25) is 4.79 Å². The number of fused-ring (bicyclic) bond motifs is 1. The second-order valence-electron chi connectivity index (χ2n) is 8.10. The summed E-state index contributed by atoms with van der Waals surface area (Å²) in [6, 6.07) is 5.87. The minimum absolute atomic E-state index is 0.0994. The van der Waals surface area contributed by atoms with Crippen molar-refractivity contribution in [2.45, 2.75) is 75.7 Å². The molecule has 1 aromatic carbocycles. The van der Waals surface area contributed by atoms with Crippen LogP contribution in [0.4, 0.5) is 5.95 Å². The van der Waals surface area contributed by atoms with Gasteiger partial charge in [0, 0.05) is 29.2 Å². The van der Waals surface area contributed by atoms with E-state index < -0.39 is 0 Å². The SMILES string of the molecule is O=C(N[C@H]1CC[C@H](O)CC1)c1ccc2cnc(N[C@H]3CC[C@H](O)CC3)nc2c1. The van der Waals surface area contributed by atoms with Crippen molar-refractivity contribution in [3.05, 3.63) is 30.0 Å². The van der Waals surface area contributed by atoms with Crippen molar-refractivity contribution in [2.24, 2.45) is 0 Å². The summed E-state index contributed by atoms with van der Waals surface area (Å²) < 4.78 is 0. The molecule has 2 fully saturated rings. The molecule has 2 aliphatic rings. The number of nitrogens with one attached hydrogen (secondary N) is 2. The molecular weight excluding hydrogens is 356 g/mol. The molecule has 0 bridgehead atoms. The highest BCUT2D eigenvalue weighted by molar-refractivity contribution is 5.97. The van der Waals surface area contributed by atoms with Crippen LogP contribution in [0.1, 0.15) is 61.7 Å².